The van der Waals surface area contributed by atoms with Gasteiger partial charge < -0.3 is 28.3 Å². The van der Waals surface area contributed by atoms with Gasteiger partial charge in [0.05, 0.1) is 6.61 Å². The average molecular weight is 573 g/mol. The van der Waals surface area contributed by atoms with Gasteiger partial charge in [-0.25, -0.2) is 4.89 Å². The smallest absolute Gasteiger partial charge is 0.780 e. The summed E-state index contributed by atoms with van der Waals surface area (Å²) in [6.07, 6.45) is 8.64. The van der Waals surface area contributed by atoms with Gasteiger partial charge in [0.15, 0.2) is 5.60 Å². The van der Waals surface area contributed by atoms with Crippen LogP contribution in [0.3, 0.4) is 0 Å². The van der Waals surface area contributed by atoms with Crippen LogP contribution in [0.2, 0.25) is 0 Å². The van der Waals surface area contributed by atoms with Crippen molar-refractivity contribution < 1.29 is 97.2 Å². The number of allylic oxidation sites excluding steroid dienone is 1. The van der Waals surface area contributed by atoms with E-state index in [0.29, 0.717) is 12.2 Å². The fraction of sp³-hybridized carbons (Fsp3) is 0.500. The molecule has 2 aromatic rings. The van der Waals surface area contributed by atoms with Crippen LogP contribution in [0.4, 0.5) is 0 Å². The first kappa shape index (κ1) is 31.7. The largest absolute Gasteiger partial charge is 1.00 e. The molecule has 4 atom stereocenters. The van der Waals surface area contributed by atoms with E-state index in [-0.39, 0.29) is 83.3 Å². The number of phosphoric ester groups is 1. The molecule has 3 aliphatic carbocycles. The van der Waals surface area contributed by atoms with Gasteiger partial charge in [-0.3, -0.25) is 0 Å². The Bertz CT molecular complexity index is 1220. The van der Waals surface area contributed by atoms with Gasteiger partial charge in [-0.1, -0.05) is 47.9 Å². The maximum Gasteiger partial charge on any atom is 1.00 e. The summed E-state index contributed by atoms with van der Waals surface area (Å²) in [5, 5.41) is 0. The Morgan fingerprint density at radius 1 is 0.897 bits per heavy atom. The van der Waals surface area contributed by atoms with Gasteiger partial charge in [0.25, 0.3) is 5.79 Å². The molecular formula is C28H31Na2O8P. The van der Waals surface area contributed by atoms with Crippen molar-refractivity contribution in [3.63, 3.8) is 0 Å². The van der Waals surface area contributed by atoms with Crippen molar-refractivity contribution in [3.05, 3.63) is 71.3 Å². The van der Waals surface area contributed by atoms with Crippen molar-refractivity contribution in [1.29, 1.82) is 0 Å². The maximum absolute atomic E-state index is 11.3. The Hall–Kier alpha value is -0.190. The molecule has 8 nitrogen and oxygen atoms in total. The zero-order chi connectivity index (χ0) is 25.5. The first-order chi connectivity index (χ1) is 17.9. The molecule has 0 amide bonds. The van der Waals surface area contributed by atoms with Gasteiger partial charge in [-0.05, 0) is 69.2 Å². The number of phosphoric acid groups is 1. The second-order valence-electron chi connectivity index (χ2n) is 10.4. The van der Waals surface area contributed by atoms with Gasteiger partial charge in [-0.15, -0.1) is 0 Å². The number of hydrogen-bond acceptors (Lipinski definition) is 8. The number of fused-ring (bicyclic) bond motifs is 1. The molecule has 11 heteroatoms. The van der Waals surface area contributed by atoms with Crippen molar-refractivity contribution >= 4 is 7.82 Å². The van der Waals surface area contributed by atoms with E-state index in [0.717, 1.165) is 44.3 Å². The summed E-state index contributed by atoms with van der Waals surface area (Å²) in [6.45, 7) is 0.513. The van der Waals surface area contributed by atoms with Crippen LogP contribution in [-0.2, 0) is 24.9 Å². The number of rotatable bonds is 8. The van der Waals surface area contributed by atoms with E-state index < -0.39 is 19.2 Å². The van der Waals surface area contributed by atoms with Crippen molar-refractivity contribution in [2.45, 2.75) is 62.8 Å². The molecule has 1 spiro atoms. The van der Waals surface area contributed by atoms with Crippen molar-refractivity contribution in [2.75, 3.05) is 13.2 Å². The molecule has 4 unspecified atom stereocenters. The van der Waals surface area contributed by atoms with Crippen LogP contribution in [0.5, 0.6) is 11.5 Å². The first-order valence-corrected chi connectivity index (χ1v) is 14.6. The molecule has 0 N–H and O–H groups in total. The number of para-hydroxylation sites is 1. The Balaban J connectivity index is 0.00000176. The molecule has 198 valence electrons. The summed E-state index contributed by atoms with van der Waals surface area (Å²) in [6, 6.07) is 15.9. The molecule has 1 saturated carbocycles. The van der Waals surface area contributed by atoms with Crippen molar-refractivity contribution in [1.82, 2.24) is 0 Å². The fourth-order valence-electron chi connectivity index (χ4n) is 6.99. The Morgan fingerprint density at radius 3 is 2.41 bits per heavy atom. The average Bonchev–Trinajstić information content (AvgIpc) is 2.87. The molecule has 2 aromatic carbocycles. The number of ether oxygens (including phenoxy) is 2. The minimum Gasteiger partial charge on any atom is -0.780 e. The van der Waals surface area contributed by atoms with Crippen LogP contribution >= 0.6 is 7.82 Å². The summed E-state index contributed by atoms with van der Waals surface area (Å²) in [4.78, 5) is 34.8. The molecule has 1 aliphatic heterocycles. The third kappa shape index (κ3) is 6.01. The molecule has 2 bridgehead atoms. The van der Waals surface area contributed by atoms with Crippen LogP contribution in [0, 0.1) is 11.8 Å². The van der Waals surface area contributed by atoms with Crippen LogP contribution < -0.4 is 78.2 Å². The van der Waals surface area contributed by atoms with Crippen LogP contribution in [-0.4, -0.2) is 18.8 Å². The topological polar surface area (TPSA) is 109 Å². The number of benzene rings is 2. The van der Waals surface area contributed by atoms with Crippen molar-refractivity contribution in [3.8, 4) is 11.5 Å². The van der Waals surface area contributed by atoms with Gasteiger partial charge in [0.1, 0.15) is 25.9 Å². The Kier molecular flexibility index (Phi) is 10.6. The van der Waals surface area contributed by atoms with Crippen molar-refractivity contribution in [2.24, 2.45) is 11.8 Å². The fourth-order valence-corrected chi connectivity index (χ4v) is 7.36. The Morgan fingerprint density at radius 2 is 1.67 bits per heavy atom. The van der Waals surface area contributed by atoms with E-state index >= 15 is 0 Å². The molecule has 1 saturated heterocycles. The zero-order valence-electron chi connectivity index (χ0n) is 22.6. The monoisotopic (exact) mass is 572 g/mol. The number of hydrogen-bond donors (Lipinski definition) is 0. The molecule has 39 heavy (non-hydrogen) atoms. The van der Waals surface area contributed by atoms with Gasteiger partial charge >= 0.3 is 59.1 Å². The minimum absolute atomic E-state index is 0. The van der Waals surface area contributed by atoms with Crippen LogP contribution in [0.1, 0.15) is 56.9 Å². The molecule has 0 radical (unpaired) electrons. The first-order valence-electron chi connectivity index (χ1n) is 13.1. The van der Waals surface area contributed by atoms with E-state index in [2.05, 4.69) is 0 Å². The summed E-state index contributed by atoms with van der Waals surface area (Å²) < 4.78 is 28.5. The molecule has 1 heterocycles. The van der Waals surface area contributed by atoms with E-state index in [1.807, 2.05) is 36.4 Å². The summed E-state index contributed by atoms with van der Waals surface area (Å²) >= 11 is 0. The van der Waals surface area contributed by atoms with E-state index in [4.69, 9.17) is 23.8 Å². The SMILES string of the molecule is O=P([O-])([O-])Oc1cccc(C2(OCCOc3ccccc3)OOC23C2CCCC3C3=C(CCCC3)C2)c1.[Na+].[Na+]. The predicted molar refractivity (Wildman–Crippen MR) is 130 cm³/mol. The van der Waals surface area contributed by atoms with Gasteiger partial charge in [-0.2, -0.15) is 4.89 Å². The summed E-state index contributed by atoms with van der Waals surface area (Å²) in [5.41, 5.74) is 2.88. The van der Waals surface area contributed by atoms with Crippen LogP contribution in [0.15, 0.2) is 65.7 Å². The molecule has 2 fully saturated rings. The summed E-state index contributed by atoms with van der Waals surface area (Å²) in [5.74, 6) is -0.272. The second-order valence-corrected chi connectivity index (χ2v) is 11.5. The molecular weight excluding hydrogens is 541 g/mol. The molecule has 0 aromatic heterocycles. The predicted octanol–water partition coefficient (Wildman–Crippen LogP) is -1.46. The standard InChI is InChI=1S/C28H33O8P.2Na/c29-37(30,31)34-24-13-6-10-22(19-24)28(33-17-16-32-23-11-2-1-3-12-23)27(35-36-28)21-9-7-15-26(27)25-14-5-4-8-20(25)18-21;;/h1-3,6,10-13,19,21,26H,4-5,7-9,14-18H2,(H2,29,30,31);;/q;2*+1/p-2. The quantitative estimate of drug-likeness (QED) is 0.124. The Labute approximate surface area is 273 Å². The van der Waals surface area contributed by atoms with E-state index in [1.54, 1.807) is 11.6 Å². The second kappa shape index (κ2) is 13.0. The zero-order valence-corrected chi connectivity index (χ0v) is 27.5. The molecule has 4 aliphatic rings. The summed E-state index contributed by atoms with van der Waals surface area (Å²) in [7, 11) is -5.23. The van der Waals surface area contributed by atoms with Crippen LogP contribution in [0.25, 0.3) is 0 Å². The van der Waals surface area contributed by atoms with E-state index in [1.165, 1.54) is 30.5 Å². The normalized spacial score (nSPS) is 29.4. The van der Waals surface area contributed by atoms with E-state index in [9.17, 15) is 14.4 Å². The minimum atomic E-state index is -5.23. The van der Waals surface area contributed by atoms with Gasteiger partial charge in [0, 0.05) is 17.4 Å². The van der Waals surface area contributed by atoms with Gasteiger partial charge in [0.2, 0.25) is 0 Å². The third-order valence-electron chi connectivity index (χ3n) is 8.35. The molecule has 6 rings (SSSR count). The maximum atomic E-state index is 11.3. The third-order valence-corrected chi connectivity index (χ3v) is 8.79.